The lowest BCUT2D eigenvalue weighted by Crippen LogP contribution is -2.07. The molecule has 1 rings (SSSR count). The molecule has 19 heavy (non-hydrogen) atoms. The highest BCUT2D eigenvalue weighted by atomic mass is 16.5. The van der Waals surface area contributed by atoms with Crippen LogP contribution in [0.5, 0.6) is 5.75 Å². The van der Waals surface area contributed by atoms with Gasteiger partial charge in [0.1, 0.15) is 12.4 Å². The van der Waals surface area contributed by atoms with Crippen molar-refractivity contribution in [3.8, 4) is 11.8 Å². The molecule has 0 amide bonds. The van der Waals surface area contributed by atoms with E-state index in [2.05, 4.69) is 13.0 Å². The van der Waals surface area contributed by atoms with Crippen molar-refractivity contribution in [2.75, 3.05) is 19.8 Å². The third-order valence-corrected chi connectivity index (χ3v) is 2.85. The van der Waals surface area contributed by atoms with Crippen LogP contribution in [0.4, 0.5) is 0 Å². The fourth-order valence-corrected chi connectivity index (χ4v) is 1.78. The van der Waals surface area contributed by atoms with Crippen molar-refractivity contribution < 1.29 is 9.47 Å². The summed E-state index contributed by atoms with van der Waals surface area (Å²) in [5.41, 5.74) is 0.620. The van der Waals surface area contributed by atoms with Gasteiger partial charge in [0.25, 0.3) is 0 Å². The molecule has 104 valence electrons. The molecule has 3 heteroatoms. The number of hydrogen-bond acceptors (Lipinski definition) is 3. The van der Waals surface area contributed by atoms with Crippen molar-refractivity contribution in [2.24, 2.45) is 0 Å². The van der Waals surface area contributed by atoms with Crippen molar-refractivity contribution in [1.29, 1.82) is 5.26 Å². The smallest absolute Gasteiger partial charge is 0.120 e. The molecule has 0 unspecified atom stereocenters. The highest BCUT2D eigenvalue weighted by Gasteiger charge is 1.96. The van der Waals surface area contributed by atoms with Crippen LogP contribution in [0.25, 0.3) is 0 Å². The van der Waals surface area contributed by atoms with E-state index >= 15 is 0 Å². The number of rotatable bonds is 10. The maximum atomic E-state index is 8.76. The number of benzene rings is 1. The van der Waals surface area contributed by atoms with Gasteiger partial charge >= 0.3 is 0 Å². The summed E-state index contributed by atoms with van der Waals surface area (Å²) in [6, 6.07) is 9.27. The number of unbranched alkanes of at least 4 members (excludes halogenated alkanes) is 4. The molecule has 0 aliphatic heterocycles. The van der Waals surface area contributed by atoms with Crippen molar-refractivity contribution in [3.63, 3.8) is 0 Å². The average Bonchev–Trinajstić information content (AvgIpc) is 2.46. The highest BCUT2D eigenvalue weighted by Crippen LogP contribution is 2.12. The van der Waals surface area contributed by atoms with E-state index in [1.54, 1.807) is 12.1 Å². The van der Waals surface area contributed by atoms with Gasteiger partial charge in [0.2, 0.25) is 0 Å². The summed E-state index contributed by atoms with van der Waals surface area (Å²) in [7, 11) is 0. The Labute approximate surface area is 116 Å². The molecule has 0 N–H and O–H groups in total. The largest absolute Gasteiger partial charge is 0.491 e. The summed E-state index contributed by atoms with van der Waals surface area (Å²) in [5.74, 6) is 0.727. The Kier molecular flexibility index (Phi) is 8.50. The summed E-state index contributed by atoms with van der Waals surface area (Å²) < 4.78 is 11.0. The maximum Gasteiger partial charge on any atom is 0.120 e. The van der Waals surface area contributed by atoms with Gasteiger partial charge in [-0.3, -0.25) is 0 Å². The lowest BCUT2D eigenvalue weighted by atomic mass is 10.2. The van der Waals surface area contributed by atoms with Gasteiger partial charge in [0.05, 0.1) is 18.2 Å². The molecule has 0 aromatic heterocycles. The van der Waals surface area contributed by atoms with Gasteiger partial charge in [-0.15, -0.1) is 0 Å². The molecule has 3 nitrogen and oxygen atoms in total. The molecule has 0 saturated carbocycles. The zero-order chi connectivity index (χ0) is 13.8. The molecule has 0 atom stereocenters. The van der Waals surface area contributed by atoms with E-state index in [9.17, 15) is 0 Å². The molecule has 0 saturated heterocycles. The van der Waals surface area contributed by atoms with E-state index in [0.717, 1.165) is 18.8 Å². The average molecular weight is 261 g/mol. The highest BCUT2D eigenvalue weighted by molar-refractivity contribution is 5.36. The Balaban J connectivity index is 2.00. The van der Waals surface area contributed by atoms with Gasteiger partial charge in [0, 0.05) is 6.61 Å². The number of ether oxygens (including phenoxy) is 2. The normalized spacial score (nSPS) is 10.1. The summed E-state index contributed by atoms with van der Waals surface area (Å²) in [5, 5.41) is 8.76. The summed E-state index contributed by atoms with van der Waals surface area (Å²) >= 11 is 0. The van der Waals surface area contributed by atoms with Gasteiger partial charge < -0.3 is 9.47 Å². The Bertz CT molecular complexity index is 385. The standard InChI is InChI=1S/C16H23NO2/c1-2-3-4-5-6-10-18-11-12-19-16-9-7-8-15(13-16)14-17/h7-9,13H,2-6,10-12H2,1H3. The van der Waals surface area contributed by atoms with E-state index < -0.39 is 0 Å². The monoisotopic (exact) mass is 261 g/mol. The van der Waals surface area contributed by atoms with Crippen molar-refractivity contribution >= 4 is 0 Å². The van der Waals surface area contributed by atoms with Crippen LogP contribution in [0.1, 0.15) is 44.6 Å². The summed E-state index contributed by atoms with van der Waals surface area (Å²) in [6.07, 6.45) is 6.27. The van der Waals surface area contributed by atoms with Crippen molar-refractivity contribution in [1.82, 2.24) is 0 Å². The zero-order valence-electron chi connectivity index (χ0n) is 11.7. The van der Waals surface area contributed by atoms with E-state index in [0.29, 0.717) is 18.8 Å². The molecule has 0 fully saturated rings. The predicted molar refractivity (Wildman–Crippen MR) is 76.2 cm³/mol. The van der Waals surface area contributed by atoms with Crippen LogP contribution in [-0.2, 0) is 4.74 Å². The Hall–Kier alpha value is -1.53. The van der Waals surface area contributed by atoms with Gasteiger partial charge in [0.15, 0.2) is 0 Å². The Morgan fingerprint density at radius 3 is 2.68 bits per heavy atom. The lowest BCUT2D eigenvalue weighted by Gasteiger charge is -2.07. The van der Waals surface area contributed by atoms with Crippen molar-refractivity contribution in [3.05, 3.63) is 29.8 Å². The van der Waals surface area contributed by atoms with Crippen LogP contribution in [0.3, 0.4) is 0 Å². The second-order valence-electron chi connectivity index (χ2n) is 4.51. The molecule has 0 heterocycles. The second-order valence-corrected chi connectivity index (χ2v) is 4.51. The van der Waals surface area contributed by atoms with Crippen LogP contribution in [0.2, 0.25) is 0 Å². The number of nitrogens with zero attached hydrogens (tertiary/aromatic N) is 1. The molecule has 0 radical (unpaired) electrons. The van der Waals surface area contributed by atoms with Crippen LogP contribution < -0.4 is 4.74 Å². The minimum absolute atomic E-state index is 0.532. The Morgan fingerprint density at radius 2 is 1.89 bits per heavy atom. The molecule has 0 bridgehead atoms. The van der Waals surface area contributed by atoms with Gasteiger partial charge in [-0.25, -0.2) is 0 Å². The second kappa shape index (κ2) is 10.4. The number of nitriles is 1. The summed E-state index contributed by atoms with van der Waals surface area (Å²) in [6.45, 7) is 4.16. The molecule has 1 aromatic carbocycles. The zero-order valence-corrected chi connectivity index (χ0v) is 11.7. The molecular weight excluding hydrogens is 238 g/mol. The van der Waals surface area contributed by atoms with Gasteiger partial charge in [-0.05, 0) is 24.6 Å². The lowest BCUT2D eigenvalue weighted by molar-refractivity contribution is 0.0971. The Morgan fingerprint density at radius 1 is 1.05 bits per heavy atom. The van der Waals surface area contributed by atoms with E-state index in [1.165, 1.54) is 25.7 Å². The summed E-state index contributed by atoms with van der Waals surface area (Å²) in [4.78, 5) is 0. The third-order valence-electron chi connectivity index (χ3n) is 2.85. The molecule has 0 aliphatic rings. The minimum atomic E-state index is 0.532. The fraction of sp³-hybridized carbons (Fsp3) is 0.562. The third kappa shape index (κ3) is 7.48. The molecule has 0 aliphatic carbocycles. The SMILES string of the molecule is CCCCCCCOCCOc1cccc(C#N)c1. The molecular formula is C16H23NO2. The molecule has 1 aromatic rings. The first-order valence-electron chi connectivity index (χ1n) is 7.07. The number of hydrogen-bond donors (Lipinski definition) is 0. The maximum absolute atomic E-state index is 8.76. The fourth-order valence-electron chi connectivity index (χ4n) is 1.78. The van der Waals surface area contributed by atoms with E-state index in [-0.39, 0.29) is 0 Å². The quantitative estimate of drug-likeness (QED) is 0.599. The van der Waals surface area contributed by atoms with E-state index in [4.69, 9.17) is 14.7 Å². The van der Waals surface area contributed by atoms with Gasteiger partial charge in [-0.1, -0.05) is 38.7 Å². The first kappa shape index (κ1) is 15.5. The van der Waals surface area contributed by atoms with E-state index in [1.807, 2.05) is 12.1 Å². The first-order valence-corrected chi connectivity index (χ1v) is 7.07. The first-order chi connectivity index (χ1) is 9.36. The van der Waals surface area contributed by atoms with Crippen LogP contribution >= 0.6 is 0 Å². The van der Waals surface area contributed by atoms with Crippen LogP contribution in [-0.4, -0.2) is 19.8 Å². The van der Waals surface area contributed by atoms with Crippen LogP contribution in [0, 0.1) is 11.3 Å². The van der Waals surface area contributed by atoms with Crippen molar-refractivity contribution in [2.45, 2.75) is 39.0 Å². The minimum Gasteiger partial charge on any atom is -0.491 e. The predicted octanol–water partition coefficient (Wildman–Crippen LogP) is 3.92. The van der Waals surface area contributed by atoms with Crippen LogP contribution in [0.15, 0.2) is 24.3 Å². The molecule has 0 spiro atoms. The topological polar surface area (TPSA) is 42.2 Å². The van der Waals surface area contributed by atoms with Gasteiger partial charge in [-0.2, -0.15) is 5.26 Å².